The van der Waals surface area contributed by atoms with Gasteiger partial charge in [-0.2, -0.15) is 0 Å². The number of esters is 1. The standard InChI is InChI=1S/C24H14Br2O5/c25-17-11-16-12-18(23(28)30-21(16)19(26)13-17)24(29)31-22(15-9-5-2-6-10-15)20(27)14-7-3-1-4-8-14/h1-13,22H. The summed E-state index contributed by atoms with van der Waals surface area (Å²) in [4.78, 5) is 38.5. The molecule has 0 N–H and O–H groups in total. The third-order valence-electron chi connectivity index (χ3n) is 4.60. The fourth-order valence-electron chi connectivity index (χ4n) is 3.12. The lowest BCUT2D eigenvalue weighted by atomic mass is 10.00. The minimum atomic E-state index is -1.21. The average molecular weight is 542 g/mol. The third kappa shape index (κ3) is 4.52. The molecule has 0 aliphatic carbocycles. The predicted octanol–water partition coefficient (Wildman–Crippen LogP) is 6.10. The minimum absolute atomic E-state index is 0.292. The summed E-state index contributed by atoms with van der Waals surface area (Å²) in [5.41, 5.74) is 0.0615. The van der Waals surface area contributed by atoms with Crippen LogP contribution in [0.4, 0.5) is 0 Å². The van der Waals surface area contributed by atoms with Crippen LogP contribution in [0.2, 0.25) is 0 Å². The highest BCUT2D eigenvalue weighted by atomic mass is 79.9. The Bertz CT molecular complexity index is 1330. The van der Waals surface area contributed by atoms with E-state index in [9.17, 15) is 14.4 Å². The summed E-state index contributed by atoms with van der Waals surface area (Å²) in [5.74, 6) is -1.33. The molecule has 0 bridgehead atoms. The summed E-state index contributed by atoms with van der Waals surface area (Å²) < 4.78 is 12.2. The molecule has 0 fully saturated rings. The van der Waals surface area contributed by atoms with Crippen molar-refractivity contribution in [3.63, 3.8) is 0 Å². The van der Waals surface area contributed by atoms with Crippen molar-refractivity contribution >= 4 is 54.6 Å². The second-order valence-corrected chi connectivity index (χ2v) is 8.45. The number of hydrogen-bond donors (Lipinski definition) is 0. The monoisotopic (exact) mass is 540 g/mol. The SMILES string of the molecule is O=C(OC(C(=O)c1ccccc1)c1ccccc1)c1cc2cc(Br)cc(Br)c2oc1=O. The van der Waals surface area contributed by atoms with Crippen molar-refractivity contribution in [2.45, 2.75) is 6.10 Å². The van der Waals surface area contributed by atoms with Crippen LogP contribution >= 0.6 is 31.9 Å². The summed E-state index contributed by atoms with van der Waals surface area (Å²) in [6, 6.07) is 22.0. The number of benzene rings is 3. The van der Waals surface area contributed by atoms with Gasteiger partial charge in [-0.1, -0.05) is 76.6 Å². The molecular formula is C24H14Br2O5. The molecule has 154 valence electrons. The Labute approximate surface area is 193 Å². The number of halogens is 2. The maximum Gasteiger partial charge on any atom is 0.351 e. The maximum absolute atomic E-state index is 13.1. The van der Waals surface area contributed by atoms with E-state index in [2.05, 4.69) is 31.9 Å². The van der Waals surface area contributed by atoms with E-state index in [4.69, 9.17) is 9.15 Å². The van der Waals surface area contributed by atoms with Crippen LogP contribution in [0.15, 0.2) is 97.0 Å². The maximum atomic E-state index is 13.1. The molecule has 1 heterocycles. The second-order valence-electron chi connectivity index (χ2n) is 6.68. The Hall–Kier alpha value is -3.03. The van der Waals surface area contributed by atoms with Crippen molar-refractivity contribution in [1.82, 2.24) is 0 Å². The van der Waals surface area contributed by atoms with Crippen molar-refractivity contribution in [2.24, 2.45) is 0 Å². The first-order chi connectivity index (χ1) is 14.9. The van der Waals surface area contributed by atoms with Crippen molar-refractivity contribution in [2.75, 3.05) is 0 Å². The first kappa shape index (κ1) is 21.2. The van der Waals surface area contributed by atoms with E-state index >= 15 is 0 Å². The van der Waals surface area contributed by atoms with E-state index in [-0.39, 0.29) is 5.56 Å². The number of ketones is 1. The molecule has 4 rings (SSSR count). The molecule has 1 unspecified atom stereocenters. The summed E-state index contributed by atoms with van der Waals surface area (Å²) in [5, 5.41) is 0.526. The van der Waals surface area contributed by atoms with Gasteiger partial charge in [0.25, 0.3) is 0 Å². The molecule has 4 aromatic rings. The molecule has 0 aliphatic rings. The Morgan fingerprint density at radius 3 is 2.19 bits per heavy atom. The normalized spacial score (nSPS) is 11.8. The van der Waals surface area contributed by atoms with Gasteiger partial charge in [-0.25, -0.2) is 9.59 Å². The largest absolute Gasteiger partial charge is 0.445 e. The topological polar surface area (TPSA) is 73.6 Å². The van der Waals surface area contributed by atoms with Gasteiger partial charge in [0.05, 0.1) is 4.47 Å². The van der Waals surface area contributed by atoms with Gasteiger partial charge in [0.2, 0.25) is 5.78 Å². The highest BCUT2D eigenvalue weighted by Gasteiger charge is 2.28. The van der Waals surface area contributed by atoms with Crippen LogP contribution in [0.5, 0.6) is 0 Å². The Balaban J connectivity index is 1.74. The highest BCUT2D eigenvalue weighted by Crippen LogP contribution is 2.29. The number of hydrogen-bond acceptors (Lipinski definition) is 5. The fourth-order valence-corrected chi connectivity index (χ4v) is 4.46. The molecule has 0 saturated carbocycles. The predicted molar refractivity (Wildman–Crippen MR) is 123 cm³/mol. The van der Waals surface area contributed by atoms with Gasteiger partial charge in [0, 0.05) is 21.0 Å². The second kappa shape index (κ2) is 8.99. The average Bonchev–Trinajstić information content (AvgIpc) is 2.78. The molecule has 0 radical (unpaired) electrons. The van der Waals surface area contributed by atoms with Crippen LogP contribution in [-0.2, 0) is 4.74 Å². The van der Waals surface area contributed by atoms with Crippen molar-refractivity contribution < 1.29 is 18.7 Å². The number of carbonyl (C=O) groups is 2. The van der Waals surface area contributed by atoms with E-state index in [1.165, 1.54) is 6.07 Å². The summed E-state index contributed by atoms with van der Waals surface area (Å²) in [6.45, 7) is 0. The summed E-state index contributed by atoms with van der Waals surface area (Å²) in [6.07, 6.45) is -1.21. The van der Waals surface area contributed by atoms with Gasteiger partial charge in [0.15, 0.2) is 11.7 Å². The summed E-state index contributed by atoms with van der Waals surface area (Å²) >= 11 is 6.70. The number of carbonyl (C=O) groups excluding carboxylic acids is 2. The van der Waals surface area contributed by atoms with E-state index in [1.807, 2.05) is 0 Å². The van der Waals surface area contributed by atoms with Gasteiger partial charge in [-0.05, 0) is 34.1 Å². The first-order valence-electron chi connectivity index (χ1n) is 9.22. The van der Waals surface area contributed by atoms with Crippen LogP contribution in [-0.4, -0.2) is 11.8 Å². The molecule has 3 aromatic carbocycles. The third-order valence-corrected chi connectivity index (χ3v) is 5.64. The van der Waals surface area contributed by atoms with Crippen LogP contribution in [0, 0.1) is 0 Å². The molecular weight excluding hydrogens is 528 g/mol. The van der Waals surface area contributed by atoms with Gasteiger partial charge in [-0.3, -0.25) is 4.79 Å². The van der Waals surface area contributed by atoms with E-state index < -0.39 is 23.5 Å². The quantitative estimate of drug-likeness (QED) is 0.173. The zero-order chi connectivity index (χ0) is 22.0. The van der Waals surface area contributed by atoms with E-state index in [0.29, 0.717) is 26.6 Å². The van der Waals surface area contributed by atoms with E-state index in [1.54, 1.807) is 72.8 Å². The van der Waals surface area contributed by atoms with Gasteiger partial charge in [0.1, 0.15) is 5.56 Å². The number of Topliss-reactive ketones (excluding diaryl/α,β-unsaturated/α-hetero) is 1. The van der Waals surface area contributed by atoms with Crippen LogP contribution in [0.3, 0.4) is 0 Å². The minimum Gasteiger partial charge on any atom is -0.445 e. The van der Waals surface area contributed by atoms with Crippen LogP contribution < -0.4 is 5.63 Å². The molecule has 0 aliphatic heterocycles. The van der Waals surface area contributed by atoms with Gasteiger partial charge >= 0.3 is 11.6 Å². The molecule has 7 heteroatoms. The lowest BCUT2D eigenvalue weighted by Gasteiger charge is -2.17. The Kier molecular flexibility index (Phi) is 6.15. The molecule has 0 saturated heterocycles. The molecule has 5 nitrogen and oxygen atoms in total. The number of fused-ring (bicyclic) bond motifs is 1. The van der Waals surface area contributed by atoms with Crippen LogP contribution in [0.25, 0.3) is 11.0 Å². The summed E-state index contributed by atoms with van der Waals surface area (Å²) in [7, 11) is 0. The van der Waals surface area contributed by atoms with Crippen molar-refractivity contribution in [1.29, 1.82) is 0 Å². The zero-order valence-corrected chi connectivity index (χ0v) is 19.1. The van der Waals surface area contributed by atoms with Crippen LogP contribution in [0.1, 0.15) is 32.4 Å². The Morgan fingerprint density at radius 1 is 0.871 bits per heavy atom. The zero-order valence-electron chi connectivity index (χ0n) is 15.9. The lowest BCUT2D eigenvalue weighted by Crippen LogP contribution is -2.23. The molecule has 0 amide bonds. The number of rotatable bonds is 5. The lowest BCUT2D eigenvalue weighted by molar-refractivity contribution is 0.0276. The van der Waals surface area contributed by atoms with Crippen molar-refractivity contribution in [3.05, 3.63) is 115 Å². The van der Waals surface area contributed by atoms with Crippen molar-refractivity contribution in [3.8, 4) is 0 Å². The van der Waals surface area contributed by atoms with E-state index in [0.717, 1.165) is 4.47 Å². The smallest absolute Gasteiger partial charge is 0.351 e. The van der Waals surface area contributed by atoms with Gasteiger partial charge < -0.3 is 9.15 Å². The molecule has 1 aromatic heterocycles. The molecule has 31 heavy (non-hydrogen) atoms. The fraction of sp³-hybridized carbons (Fsp3) is 0.0417. The number of ether oxygens (including phenoxy) is 1. The Morgan fingerprint density at radius 2 is 1.52 bits per heavy atom. The van der Waals surface area contributed by atoms with Gasteiger partial charge in [-0.15, -0.1) is 0 Å². The first-order valence-corrected chi connectivity index (χ1v) is 10.8. The molecule has 0 spiro atoms. The highest BCUT2D eigenvalue weighted by molar-refractivity contribution is 9.11. The molecule has 1 atom stereocenters.